The van der Waals surface area contributed by atoms with Crippen LogP contribution < -0.4 is 14.9 Å². The van der Waals surface area contributed by atoms with Crippen LogP contribution in [-0.4, -0.2) is 39.1 Å². The van der Waals surface area contributed by atoms with Crippen molar-refractivity contribution in [2.24, 2.45) is 0 Å². The summed E-state index contributed by atoms with van der Waals surface area (Å²) in [5.41, 5.74) is 2.79. The SMILES string of the molecule is CCCNC(=O)c1ccccc1NC(=O)[C@H](CC)N(c1cc(C)ccc1C)S(C)(=O)=O. The van der Waals surface area contributed by atoms with Crippen LogP contribution in [0.15, 0.2) is 42.5 Å². The zero-order chi connectivity index (χ0) is 23.2. The fourth-order valence-electron chi connectivity index (χ4n) is 3.33. The van der Waals surface area contributed by atoms with Gasteiger partial charge in [0.2, 0.25) is 15.9 Å². The number of sulfonamides is 1. The molecule has 2 amide bonds. The van der Waals surface area contributed by atoms with Crippen molar-refractivity contribution >= 4 is 33.2 Å². The molecule has 0 aliphatic heterocycles. The van der Waals surface area contributed by atoms with E-state index in [1.807, 2.05) is 32.9 Å². The number of nitrogens with zero attached hydrogens (tertiary/aromatic N) is 1. The van der Waals surface area contributed by atoms with Crippen LogP contribution in [0.4, 0.5) is 11.4 Å². The summed E-state index contributed by atoms with van der Waals surface area (Å²) in [6.45, 7) is 7.91. The second kappa shape index (κ2) is 10.4. The maximum atomic E-state index is 13.2. The Kier molecular flexibility index (Phi) is 8.21. The fourth-order valence-corrected chi connectivity index (χ4v) is 4.59. The average Bonchev–Trinajstić information content (AvgIpc) is 2.71. The van der Waals surface area contributed by atoms with Crippen LogP contribution in [0, 0.1) is 13.8 Å². The first kappa shape index (κ1) is 24.4. The van der Waals surface area contributed by atoms with E-state index in [4.69, 9.17) is 0 Å². The molecule has 2 N–H and O–H groups in total. The number of amides is 2. The van der Waals surface area contributed by atoms with E-state index in [2.05, 4.69) is 10.6 Å². The first-order valence-electron chi connectivity index (χ1n) is 10.3. The highest BCUT2D eigenvalue weighted by molar-refractivity contribution is 7.92. The minimum Gasteiger partial charge on any atom is -0.352 e. The molecule has 2 aromatic rings. The molecule has 0 heterocycles. The maximum absolute atomic E-state index is 13.2. The van der Waals surface area contributed by atoms with Gasteiger partial charge in [-0.3, -0.25) is 13.9 Å². The van der Waals surface area contributed by atoms with Gasteiger partial charge in [0.15, 0.2) is 0 Å². The minimum atomic E-state index is -3.75. The van der Waals surface area contributed by atoms with Gasteiger partial charge >= 0.3 is 0 Å². The summed E-state index contributed by atoms with van der Waals surface area (Å²) in [5.74, 6) is -0.787. The molecule has 0 aliphatic rings. The lowest BCUT2D eigenvalue weighted by Gasteiger charge is -2.31. The molecule has 2 aromatic carbocycles. The van der Waals surface area contributed by atoms with Crippen LogP contribution in [-0.2, 0) is 14.8 Å². The number of rotatable bonds is 9. The zero-order valence-electron chi connectivity index (χ0n) is 18.7. The number of para-hydroxylation sites is 1. The highest BCUT2D eigenvalue weighted by atomic mass is 32.2. The summed E-state index contributed by atoms with van der Waals surface area (Å²) in [5, 5.41) is 5.56. The van der Waals surface area contributed by atoms with Crippen molar-refractivity contribution in [2.75, 3.05) is 22.4 Å². The molecule has 1 atom stereocenters. The molecule has 0 saturated heterocycles. The molecule has 0 bridgehead atoms. The molecule has 0 unspecified atom stereocenters. The number of hydrogen-bond acceptors (Lipinski definition) is 4. The lowest BCUT2D eigenvalue weighted by atomic mass is 10.1. The molecule has 0 radical (unpaired) electrons. The predicted molar refractivity (Wildman–Crippen MR) is 125 cm³/mol. The van der Waals surface area contributed by atoms with Gasteiger partial charge in [0.25, 0.3) is 5.91 Å². The molecule has 168 valence electrons. The van der Waals surface area contributed by atoms with E-state index in [0.29, 0.717) is 23.5 Å². The number of nitrogens with one attached hydrogen (secondary N) is 2. The van der Waals surface area contributed by atoms with Crippen LogP contribution in [0.3, 0.4) is 0 Å². The van der Waals surface area contributed by atoms with E-state index >= 15 is 0 Å². The summed E-state index contributed by atoms with van der Waals surface area (Å²) >= 11 is 0. The first-order chi connectivity index (χ1) is 14.6. The molecule has 0 aromatic heterocycles. The topological polar surface area (TPSA) is 95.6 Å². The smallest absolute Gasteiger partial charge is 0.253 e. The van der Waals surface area contributed by atoms with Crippen LogP contribution in [0.2, 0.25) is 0 Å². The minimum absolute atomic E-state index is 0.260. The maximum Gasteiger partial charge on any atom is 0.253 e. The predicted octanol–water partition coefficient (Wildman–Crippen LogP) is 3.63. The third-order valence-corrected chi connectivity index (χ3v) is 6.06. The lowest BCUT2D eigenvalue weighted by molar-refractivity contribution is -0.117. The molecular weight excluding hydrogens is 414 g/mol. The molecule has 0 saturated carbocycles. The molecule has 0 fully saturated rings. The highest BCUT2D eigenvalue weighted by Crippen LogP contribution is 2.28. The Morgan fingerprint density at radius 2 is 1.74 bits per heavy atom. The van der Waals surface area contributed by atoms with Crippen molar-refractivity contribution in [2.45, 2.75) is 46.6 Å². The normalized spacial score (nSPS) is 12.2. The molecule has 7 nitrogen and oxygen atoms in total. The average molecular weight is 446 g/mol. The van der Waals surface area contributed by atoms with Crippen molar-refractivity contribution in [3.05, 3.63) is 59.2 Å². The van der Waals surface area contributed by atoms with E-state index in [1.54, 1.807) is 37.3 Å². The van der Waals surface area contributed by atoms with Gasteiger partial charge in [0, 0.05) is 6.54 Å². The quantitative estimate of drug-likeness (QED) is 0.616. The van der Waals surface area contributed by atoms with Crippen molar-refractivity contribution in [1.29, 1.82) is 0 Å². The number of benzene rings is 2. The van der Waals surface area contributed by atoms with Crippen molar-refractivity contribution in [3.63, 3.8) is 0 Å². The van der Waals surface area contributed by atoms with E-state index in [0.717, 1.165) is 23.8 Å². The van der Waals surface area contributed by atoms with Gasteiger partial charge < -0.3 is 10.6 Å². The molecular formula is C23H31N3O4S. The summed E-state index contributed by atoms with van der Waals surface area (Å²) in [6.07, 6.45) is 2.14. The van der Waals surface area contributed by atoms with E-state index in [1.165, 1.54) is 4.31 Å². The largest absolute Gasteiger partial charge is 0.352 e. The Morgan fingerprint density at radius 3 is 2.35 bits per heavy atom. The highest BCUT2D eigenvalue weighted by Gasteiger charge is 2.33. The van der Waals surface area contributed by atoms with Crippen LogP contribution in [0.1, 0.15) is 48.2 Å². The van der Waals surface area contributed by atoms with Gasteiger partial charge in [0.05, 0.1) is 23.2 Å². The zero-order valence-corrected chi connectivity index (χ0v) is 19.5. The number of aryl methyl sites for hydroxylation is 2. The lowest BCUT2D eigenvalue weighted by Crippen LogP contribution is -2.47. The Labute approximate surface area is 184 Å². The number of carbonyl (C=O) groups is 2. The van der Waals surface area contributed by atoms with Gasteiger partial charge in [-0.05, 0) is 56.0 Å². The summed E-state index contributed by atoms with van der Waals surface area (Å²) < 4.78 is 26.6. The third-order valence-electron chi connectivity index (χ3n) is 4.90. The Bertz CT molecular complexity index is 1050. The summed E-state index contributed by atoms with van der Waals surface area (Å²) in [7, 11) is -3.75. The number of carbonyl (C=O) groups excluding carboxylic acids is 2. The van der Waals surface area contributed by atoms with Gasteiger partial charge in [-0.2, -0.15) is 0 Å². The van der Waals surface area contributed by atoms with Crippen molar-refractivity contribution in [1.82, 2.24) is 5.32 Å². The van der Waals surface area contributed by atoms with Crippen LogP contribution in [0.5, 0.6) is 0 Å². The van der Waals surface area contributed by atoms with Gasteiger partial charge in [-0.25, -0.2) is 8.42 Å². The molecule has 0 spiro atoms. The number of hydrogen-bond donors (Lipinski definition) is 2. The standard InChI is InChI=1S/C23H31N3O4S/c1-6-14-24-22(27)18-10-8-9-11-19(18)25-23(28)20(7-2)26(31(5,29)30)21-15-16(3)12-13-17(21)4/h8-13,15,20H,6-7,14H2,1-5H3,(H,24,27)(H,25,28)/t20-/m0/s1. The van der Waals surface area contributed by atoms with Gasteiger partial charge in [-0.1, -0.05) is 38.1 Å². The molecule has 8 heteroatoms. The van der Waals surface area contributed by atoms with E-state index in [-0.39, 0.29) is 12.3 Å². The molecule has 31 heavy (non-hydrogen) atoms. The van der Waals surface area contributed by atoms with E-state index < -0.39 is 22.0 Å². The Balaban J connectivity index is 2.42. The molecule has 0 aliphatic carbocycles. The Hall–Kier alpha value is -2.87. The summed E-state index contributed by atoms with van der Waals surface area (Å²) in [6, 6.07) is 11.2. The number of anilines is 2. The summed E-state index contributed by atoms with van der Waals surface area (Å²) in [4.78, 5) is 25.7. The second-order valence-electron chi connectivity index (χ2n) is 7.56. The van der Waals surface area contributed by atoms with Gasteiger partial charge in [-0.15, -0.1) is 0 Å². The first-order valence-corrected chi connectivity index (χ1v) is 12.2. The van der Waals surface area contributed by atoms with Crippen molar-refractivity contribution in [3.8, 4) is 0 Å². The third kappa shape index (κ3) is 6.07. The van der Waals surface area contributed by atoms with Crippen LogP contribution in [0.25, 0.3) is 0 Å². The second-order valence-corrected chi connectivity index (χ2v) is 9.42. The Morgan fingerprint density at radius 1 is 1.06 bits per heavy atom. The van der Waals surface area contributed by atoms with Crippen molar-refractivity contribution < 1.29 is 18.0 Å². The monoisotopic (exact) mass is 445 g/mol. The molecule has 2 rings (SSSR count). The van der Waals surface area contributed by atoms with Crippen LogP contribution >= 0.6 is 0 Å². The fraction of sp³-hybridized carbons (Fsp3) is 0.391. The van der Waals surface area contributed by atoms with E-state index in [9.17, 15) is 18.0 Å². The van der Waals surface area contributed by atoms with Gasteiger partial charge in [0.1, 0.15) is 6.04 Å².